The number of para-hydroxylation sites is 1. The smallest absolute Gasteiger partial charge is 0.172 e. The van der Waals surface area contributed by atoms with Crippen molar-refractivity contribution in [3.63, 3.8) is 0 Å². The average molecular weight is 680 g/mol. The largest absolute Gasteiger partial charge is 0.258 e. The van der Waals surface area contributed by atoms with Gasteiger partial charge in [0.2, 0.25) is 0 Å². The van der Waals surface area contributed by atoms with Crippen molar-refractivity contribution < 1.29 is 0 Å². The van der Waals surface area contributed by atoms with Crippen LogP contribution in [0.15, 0.2) is 176 Å². The lowest BCUT2D eigenvalue weighted by Gasteiger charge is -2.12. The van der Waals surface area contributed by atoms with E-state index in [9.17, 15) is 0 Å². The summed E-state index contributed by atoms with van der Waals surface area (Å²) in [6.07, 6.45) is 0. The van der Waals surface area contributed by atoms with Gasteiger partial charge in [0.05, 0.1) is 5.52 Å². The van der Waals surface area contributed by atoms with Crippen LogP contribution in [0.4, 0.5) is 0 Å². The maximum atomic E-state index is 5.23. The number of hydrogen-bond donors (Lipinski definition) is 0. The Labute approximate surface area is 305 Å². The molecule has 7 nitrogen and oxygen atoms in total. The highest BCUT2D eigenvalue weighted by Crippen LogP contribution is 2.35. The molecule has 0 atom stereocenters. The van der Waals surface area contributed by atoms with Gasteiger partial charge < -0.3 is 0 Å². The molecule has 0 saturated heterocycles. The van der Waals surface area contributed by atoms with Crippen LogP contribution in [-0.4, -0.2) is 34.5 Å². The van der Waals surface area contributed by atoms with Crippen LogP contribution >= 0.6 is 0 Å². The number of aromatic nitrogens is 7. The first-order valence-electron chi connectivity index (χ1n) is 17.5. The molecular weight excluding hydrogens is 651 g/mol. The van der Waals surface area contributed by atoms with Crippen LogP contribution in [0.1, 0.15) is 0 Å². The summed E-state index contributed by atoms with van der Waals surface area (Å²) in [5.41, 5.74) is 8.50. The monoisotopic (exact) mass is 679 g/mol. The molecule has 0 aliphatic heterocycles. The van der Waals surface area contributed by atoms with E-state index >= 15 is 0 Å². The maximum Gasteiger partial charge on any atom is 0.172 e. The number of nitrogens with zero attached hydrogens (tertiary/aromatic N) is 7. The number of benzene rings is 7. The third kappa shape index (κ3) is 5.48. The first-order valence-corrected chi connectivity index (χ1v) is 17.5. The van der Waals surface area contributed by atoms with Gasteiger partial charge in [-0.15, -0.1) is 10.2 Å². The molecule has 3 aromatic heterocycles. The zero-order chi connectivity index (χ0) is 35.1. The molecule has 0 bridgehead atoms. The van der Waals surface area contributed by atoms with Crippen LogP contribution in [0.2, 0.25) is 0 Å². The van der Waals surface area contributed by atoms with Crippen LogP contribution in [0, 0.1) is 0 Å². The van der Waals surface area contributed by atoms with Crippen molar-refractivity contribution in [3.8, 4) is 68.1 Å². The molecule has 0 aliphatic carbocycles. The Bertz CT molecular complexity index is 2880. The number of rotatable bonds is 6. The highest BCUT2D eigenvalue weighted by molar-refractivity contribution is 5.98. The van der Waals surface area contributed by atoms with Crippen molar-refractivity contribution in [2.45, 2.75) is 0 Å². The van der Waals surface area contributed by atoms with E-state index in [-0.39, 0.29) is 0 Å². The van der Waals surface area contributed by atoms with Crippen molar-refractivity contribution in [2.24, 2.45) is 0 Å². The minimum Gasteiger partial charge on any atom is -0.258 e. The topological polar surface area (TPSA) is 81.8 Å². The zero-order valence-electron chi connectivity index (χ0n) is 28.4. The molecule has 248 valence electrons. The Balaban J connectivity index is 1.08. The maximum absolute atomic E-state index is 5.23. The fraction of sp³-hybridized carbons (Fsp3) is 0. The van der Waals surface area contributed by atoms with Crippen LogP contribution < -0.4 is 0 Å². The third-order valence-corrected chi connectivity index (χ3v) is 9.57. The molecule has 0 saturated carbocycles. The molecule has 0 radical (unpaired) electrons. The Kier molecular flexibility index (Phi) is 7.32. The molecular formula is C46H29N7. The van der Waals surface area contributed by atoms with E-state index in [4.69, 9.17) is 30.1 Å². The summed E-state index contributed by atoms with van der Waals surface area (Å²) in [4.78, 5) is 19.9. The molecule has 0 N–H and O–H groups in total. The summed E-state index contributed by atoms with van der Waals surface area (Å²) >= 11 is 0. The standard InChI is InChI=1S/C46H29N7/c1-3-14-32(15-4-1)41-48-42(33-16-5-2-6-17-33)50-43(49-41)34-27-25-30(26-28-34)35-19-11-20-36(29-35)44-47-40-24-10-9-22-39(40)46-52-51-45(53(44)46)38-23-12-18-31-13-7-8-21-37(31)38/h1-29H. The van der Waals surface area contributed by atoms with E-state index < -0.39 is 0 Å². The molecule has 7 heteroatoms. The second kappa shape index (κ2) is 12.7. The van der Waals surface area contributed by atoms with E-state index in [0.717, 1.165) is 77.9 Å². The molecule has 0 fully saturated rings. The van der Waals surface area contributed by atoms with Crippen molar-refractivity contribution >= 4 is 27.3 Å². The number of hydrogen-bond acceptors (Lipinski definition) is 6. The molecule has 0 spiro atoms. The normalized spacial score (nSPS) is 11.4. The predicted octanol–water partition coefficient (Wildman–Crippen LogP) is 10.6. The van der Waals surface area contributed by atoms with Gasteiger partial charge in [-0.05, 0) is 40.1 Å². The second-order valence-corrected chi connectivity index (χ2v) is 12.9. The van der Waals surface area contributed by atoms with Crippen molar-refractivity contribution in [1.29, 1.82) is 0 Å². The SMILES string of the molecule is c1ccc(-c2nc(-c3ccccc3)nc(-c3ccc(-c4cccc(-c5nc6ccccc6c6nnc(-c7cccc8ccccc78)n56)c4)cc3)n2)cc1. The van der Waals surface area contributed by atoms with Crippen molar-refractivity contribution in [3.05, 3.63) is 176 Å². The van der Waals surface area contributed by atoms with Crippen LogP contribution in [0.3, 0.4) is 0 Å². The van der Waals surface area contributed by atoms with Crippen molar-refractivity contribution in [2.75, 3.05) is 0 Å². The average Bonchev–Trinajstić information content (AvgIpc) is 3.69. The van der Waals surface area contributed by atoms with Crippen molar-refractivity contribution in [1.82, 2.24) is 34.5 Å². The fourth-order valence-electron chi connectivity index (χ4n) is 6.96. The van der Waals surface area contributed by atoms with Gasteiger partial charge in [0.25, 0.3) is 0 Å². The second-order valence-electron chi connectivity index (χ2n) is 12.9. The third-order valence-electron chi connectivity index (χ3n) is 9.57. The van der Waals surface area contributed by atoms with E-state index in [1.54, 1.807) is 0 Å². The van der Waals surface area contributed by atoms with E-state index in [0.29, 0.717) is 17.5 Å². The summed E-state index contributed by atoms with van der Waals surface area (Å²) in [6, 6.07) is 59.7. The minimum absolute atomic E-state index is 0.620. The molecule has 10 aromatic rings. The first kappa shape index (κ1) is 30.4. The quantitative estimate of drug-likeness (QED) is 0.174. The van der Waals surface area contributed by atoms with Crippen LogP contribution in [0.5, 0.6) is 0 Å². The molecule has 7 aromatic carbocycles. The van der Waals surface area contributed by atoms with Gasteiger partial charge in [-0.2, -0.15) is 0 Å². The molecule has 10 rings (SSSR count). The fourth-order valence-corrected chi connectivity index (χ4v) is 6.96. The van der Waals surface area contributed by atoms with Crippen LogP contribution in [0.25, 0.3) is 95.4 Å². The molecule has 0 amide bonds. The van der Waals surface area contributed by atoms with Gasteiger partial charge in [-0.25, -0.2) is 19.9 Å². The van der Waals surface area contributed by atoms with E-state index in [2.05, 4.69) is 101 Å². The van der Waals surface area contributed by atoms with Crippen LogP contribution in [-0.2, 0) is 0 Å². The van der Waals surface area contributed by atoms with Gasteiger partial charge in [-0.1, -0.05) is 158 Å². The lowest BCUT2D eigenvalue weighted by Crippen LogP contribution is -2.00. The molecule has 3 heterocycles. The van der Waals surface area contributed by atoms with Gasteiger partial charge in [-0.3, -0.25) is 4.40 Å². The van der Waals surface area contributed by atoms with Gasteiger partial charge >= 0.3 is 0 Å². The Morgan fingerprint density at radius 2 is 0.868 bits per heavy atom. The van der Waals surface area contributed by atoms with E-state index in [1.165, 1.54) is 0 Å². The molecule has 0 aliphatic rings. The van der Waals surface area contributed by atoms with Gasteiger partial charge in [0.15, 0.2) is 28.9 Å². The first-order chi connectivity index (χ1) is 26.3. The Hall–Kier alpha value is -7.38. The summed E-state index contributed by atoms with van der Waals surface area (Å²) in [7, 11) is 0. The summed E-state index contributed by atoms with van der Waals surface area (Å²) in [5.74, 6) is 3.42. The summed E-state index contributed by atoms with van der Waals surface area (Å²) < 4.78 is 2.10. The lowest BCUT2D eigenvalue weighted by molar-refractivity contribution is 1.07. The Morgan fingerprint density at radius 3 is 1.58 bits per heavy atom. The molecule has 0 unspecified atom stereocenters. The zero-order valence-corrected chi connectivity index (χ0v) is 28.4. The summed E-state index contributed by atoms with van der Waals surface area (Å²) in [6.45, 7) is 0. The lowest BCUT2D eigenvalue weighted by atomic mass is 10.0. The van der Waals surface area contributed by atoms with Gasteiger partial charge in [0, 0.05) is 33.2 Å². The highest BCUT2D eigenvalue weighted by Gasteiger charge is 2.20. The Morgan fingerprint density at radius 1 is 0.340 bits per heavy atom. The van der Waals surface area contributed by atoms with E-state index in [1.807, 2.05) is 78.9 Å². The summed E-state index contributed by atoms with van der Waals surface area (Å²) in [5, 5.41) is 12.7. The molecule has 53 heavy (non-hydrogen) atoms. The van der Waals surface area contributed by atoms with Gasteiger partial charge in [0.1, 0.15) is 5.82 Å². The highest BCUT2D eigenvalue weighted by atomic mass is 15.3. The number of fused-ring (bicyclic) bond motifs is 4. The predicted molar refractivity (Wildman–Crippen MR) is 212 cm³/mol. The minimum atomic E-state index is 0.620.